The van der Waals surface area contributed by atoms with Crippen LogP contribution in [0.1, 0.15) is 84.0 Å². The number of carbonyl (C=O) groups is 2. The second-order valence-corrected chi connectivity index (χ2v) is 6.18. The maximum atomic E-state index is 12.1. The van der Waals surface area contributed by atoms with Crippen LogP contribution in [0.2, 0.25) is 0 Å². The molecule has 1 amide bonds. The topological polar surface area (TPSA) is 77.8 Å². The molecule has 5 nitrogen and oxygen atoms in total. The van der Waals surface area contributed by atoms with Crippen LogP contribution in [0.15, 0.2) is 0 Å². The summed E-state index contributed by atoms with van der Waals surface area (Å²) in [6.45, 7) is 2.93. The number of nitrogens with zero attached hydrogens (tertiary/aromatic N) is 1. The van der Waals surface area contributed by atoms with E-state index in [1.165, 1.54) is 44.9 Å². The Balaban J connectivity index is 3.74. The van der Waals surface area contributed by atoms with Crippen LogP contribution in [0.5, 0.6) is 0 Å². The SMILES string of the molecule is CCCCCCCCCCCC(=O)N(CCCO)CCC(=O)O. The lowest BCUT2D eigenvalue weighted by Gasteiger charge is -2.21. The summed E-state index contributed by atoms with van der Waals surface area (Å²) in [6.07, 6.45) is 11.8. The average Bonchev–Trinajstić information content (AvgIpc) is 2.53. The first-order chi connectivity index (χ1) is 11.1. The summed E-state index contributed by atoms with van der Waals surface area (Å²) in [6, 6.07) is 0. The Kier molecular flexibility index (Phi) is 15.0. The number of aliphatic hydroxyl groups excluding tert-OH is 1. The summed E-state index contributed by atoms with van der Waals surface area (Å²) < 4.78 is 0. The standard InChI is InChI=1S/C18H35NO4/c1-2-3-4-5-6-7-8-9-10-12-17(21)19(14-11-16-20)15-13-18(22)23/h20H,2-16H2,1H3,(H,22,23). The Morgan fingerprint density at radius 1 is 0.783 bits per heavy atom. The lowest BCUT2D eigenvalue weighted by molar-refractivity contribution is -0.138. The monoisotopic (exact) mass is 329 g/mol. The largest absolute Gasteiger partial charge is 0.481 e. The number of carbonyl (C=O) groups excluding carboxylic acids is 1. The van der Waals surface area contributed by atoms with Crippen LogP contribution in [-0.4, -0.2) is 46.7 Å². The van der Waals surface area contributed by atoms with Gasteiger partial charge < -0.3 is 15.1 Å². The molecule has 23 heavy (non-hydrogen) atoms. The summed E-state index contributed by atoms with van der Waals surface area (Å²) in [5, 5.41) is 17.6. The van der Waals surface area contributed by atoms with Gasteiger partial charge in [-0.1, -0.05) is 58.3 Å². The quantitative estimate of drug-likeness (QED) is 0.424. The van der Waals surface area contributed by atoms with E-state index in [9.17, 15) is 9.59 Å². The van der Waals surface area contributed by atoms with Crippen LogP contribution < -0.4 is 0 Å². The zero-order valence-corrected chi connectivity index (χ0v) is 14.8. The van der Waals surface area contributed by atoms with Gasteiger partial charge in [-0.3, -0.25) is 9.59 Å². The van der Waals surface area contributed by atoms with Gasteiger partial charge in [0, 0.05) is 26.1 Å². The molecular formula is C18H35NO4. The van der Waals surface area contributed by atoms with E-state index >= 15 is 0 Å². The number of amides is 1. The molecule has 0 aliphatic carbocycles. The molecule has 0 atom stereocenters. The number of hydrogen-bond donors (Lipinski definition) is 2. The van der Waals surface area contributed by atoms with Gasteiger partial charge in [0.15, 0.2) is 0 Å². The highest BCUT2D eigenvalue weighted by molar-refractivity contribution is 5.77. The van der Waals surface area contributed by atoms with Gasteiger partial charge in [-0.2, -0.15) is 0 Å². The van der Waals surface area contributed by atoms with Crippen molar-refractivity contribution in [1.29, 1.82) is 0 Å². The number of rotatable bonds is 16. The summed E-state index contributed by atoms with van der Waals surface area (Å²) in [5.74, 6) is -0.877. The van der Waals surface area contributed by atoms with E-state index in [1.807, 2.05) is 0 Å². The number of hydrogen-bond acceptors (Lipinski definition) is 3. The molecule has 0 spiro atoms. The Labute approximate surface area is 141 Å². The van der Waals surface area contributed by atoms with Crippen molar-refractivity contribution in [2.75, 3.05) is 19.7 Å². The molecule has 5 heteroatoms. The van der Waals surface area contributed by atoms with E-state index in [2.05, 4.69) is 6.92 Å². The number of aliphatic carboxylic acids is 1. The summed E-state index contributed by atoms with van der Waals surface area (Å²) in [5.41, 5.74) is 0. The predicted octanol–water partition coefficient (Wildman–Crippen LogP) is 3.59. The van der Waals surface area contributed by atoms with E-state index in [4.69, 9.17) is 10.2 Å². The van der Waals surface area contributed by atoms with Crippen LogP contribution >= 0.6 is 0 Å². The van der Waals surface area contributed by atoms with E-state index < -0.39 is 5.97 Å². The summed E-state index contributed by atoms with van der Waals surface area (Å²) in [7, 11) is 0. The molecule has 136 valence electrons. The molecule has 0 aromatic rings. The summed E-state index contributed by atoms with van der Waals surface area (Å²) >= 11 is 0. The van der Waals surface area contributed by atoms with Gasteiger partial charge in [-0.25, -0.2) is 0 Å². The van der Waals surface area contributed by atoms with E-state index in [1.54, 1.807) is 4.90 Å². The maximum Gasteiger partial charge on any atom is 0.305 e. The summed E-state index contributed by atoms with van der Waals surface area (Å²) in [4.78, 5) is 24.3. The fourth-order valence-electron chi connectivity index (χ4n) is 2.60. The van der Waals surface area contributed by atoms with E-state index in [0.29, 0.717) is 19.4 Å². The Morgan fingerprint density at radius 3 is 1.87 bits per heavy atom. The van der Waals surface area contributed by atoms with Crippen molar-refractivity contribution in [3.05, 3.63) is 0 Å². The third-order valence-electron chi connectivity index (χ3n) is 4.03. The molecule has 0 unspecified atom stereocenters. The van der Waals surface area contributed by atoms with Gasteiger partial charge in [0.1, 0.15) is 0 Å². The van der Waals surface area contributed by atoms with Crippen LogP contribution in [-0.2, 0) is 9.59 Å². The van der Waals surface area contributed by atoms with Crippen LogP contribution in [0.25, 0.3) is 0 Å². The van der Waals surface area contributed by atoms with E-state index in [-0.39, 0.29) is 25.5 Å². The highest BCUT2D eigenvalue weighted by Gasteiger charge is 2.13. The molecule has 0 heterocycles. The molecule has 0 saturated carbocycles. The highest BCUT2D eigenvalue weighted by Crippen LogP contribution is 2.11. The average molecular weight is 329 g/mol. The third kappa shape index (κ3) is 14.2. The number of aliphatic hydroxyl groups is 1. The van der Waals surface area contributed by atoms with Crippen molar-refractivity contribution in [3.63, 3.8) is 0 Å². The van der Waals surface area contributed by atoms with Gasteiger partial charge in [0.05, 0.1) is 6.42 Å². The molecule has 0 radical (unpaired) electrons. The zero-order chi connectivity index (χ0) is 17.3. The zero-order valence-electron chi connectivity index (χ0n) is 14.8. The van der Waals surface area contributed by atoms with Gasteiger partial charge in [-0.15, -0.1) is 0 Å². The Morgan fingerprint density at radius 2 is 1.35 bits per heavy atom. The van der Waals surface area contributed by atoms with Crippen molar-refractivity contribution < 1.29 is 19.8 Å². The number of carboxylic acid groups (broad SMARTS) is 1. The van der Waals surface area contributed by atoms with Crippen molar-refractivity contribution in [3.8, 4) is 0 Å². The second kappa shape index (κ2) is 15.8. The van der Waals surface area contributed by atoms with Crippen molar-refractivity contribution in [1.82, 2.24) is 4.90 Å². The predicted molar refractivity (Wildman–Crippen MR) is 92.4 cm³/mol. The Hall–Kier alpha value is -1.10. The van der Waals surface area contributed by atoms with Crippen LogP contribution in [0.4, 0.5) is 0 Å². The fourth-order valence-corrected chi connectivity index (χ4v) is 2.60. The molecule has 0 saturated heterocycles. The first-order valence-electron chi connectivity index (χ1n) is 9.22. The first-order valence-corrected chi connectivity index (χ1v) is 9.22. The van der Waals surface area contributed by atoms with Gasteiger partial charge >= 0.3 is 5.97 Å². The van der Waals surface area contributed by atoms with Gasteiger partial charge in [-0.05, 0) is 12.8 Å². The number of unbranched alkanes of at least 4 members (excludes halogenated alkanes) is 8. The van der Waals surface area contributed by atoms with Crippen molar-refractivity contribution >= 4 is 11.9 Å². The molecule has 2 N–H and O–H groups in total. The molecule has 0 aromatic heterocycles. The second-order valence-electron chi connectivity index (χ2n) is 6.18. The molecule has 0 aromatic carbocycles. The minimum absolute atomic E-state index is 0.0163. The number of carboxylic acids is 1. The molecular weight excluding hydrogens is 294 g/mol. The molecule has 0 rings (SSSR count). The lowest BCUT2D eigenvalue weighted by Crippen LogP contribution is -2.34. The minimum Gasteiger partial charge on any atom is -0.481 e. The maximum absolute atomic E-state index is 12.1. The van der Waals surface area contributed by atoms with Crippen molar-refractivity contribution in [2.45, 2.75) is 84.0 Å². The normalized spacial score (nSPS) is 10.7. The van der Waals surface area contributed by atoms with Gasteiger partial charge in [0.2, 0.25) is 5.91 Å². The van der Waals surface area contributed by atoms with Crippen molar-refractivity contribution in [2.24, 2.45) is 0 Å². The highest BCUT2D eigenvalue weighted by atomic mass is 16.4. The van der Waals surface area contributed by atoms with E-state index in [0.717, 1.165) is 12.8 Å². The lowest BCUT2D eigenvalue weighted by atomic mass is 10.1. The van der Waals surface area contributed by atoms with Crippen LogP contribution in [0.3, 0.4) is 0 Å². The minimum atomic E-state index is -0.894. The molecule has 0 aliphatic rings. The Bertz CT molecular complexity index is 307. The van der Waals surface area contributed by atoms with Gasteiger partial charge in [0.25, 0.3) is 0 Å². The third-order valence-corrected chi connectivity index (χ3v) is 4.03. The fraction of sp³-hybridized carbons (Fsp3) is 0.889. The van der Waals surface area contributed by atoms with Crippen LogP contribution in [0, 0.1) is 0 Å². The molecule has 0 bridgehead atoms. The first kappa shape index (κ1) is 21.9. The smallest absolute Gasteiger partial charge is 0.305 e. The molecule has 0 fully saturated rings. The molecule has 0 aliphatic heterocycles.